The van der Waals surface area contributed by atoms with E-state index in [2.05, 4.69) is 293 Å². The molecular weight excluding hydrogens is 995 g/mol. The average Bonchev–Trinajstić information content (AvgIpc) is 1.80. The molecule has 12 aromatic carbocycles. The predicted molar refractivity (Wildman–Crippen MR) is 339 cm³/mol. The lowest BCUT2D eigenvalue weighted by Gasteiger charge is -2.35. The number of nitrogens with zero attached hydrogens (tertiary/aromatic N) is 1. The van der Waals surface area contributed by atoms with Crippen molar-refractivity contribution in [2.45, 2.75) is 43.9 Å². The van der Waals surface area contributed by atoms with Gasteiger partial charge in [0, 0.05) is 54.9 Å². The van der Waals surface area contributed by atoms with Crippen LogP contribution in [0.4, 0.5) is 17.1 Å². The molecule has 17 rings (SSSR count). The molecule has 3 nitrogen and oxygen atoms in total. The van der Waals surface area contributed by atoms with Gasteiger partial charge in [-0.25, -0.2) is 0 Å². The first-order chi connectivity index (χ1) is 40.2. The summed E-state index contributed by atoms with van der Waals surface area (Å²) < 4.78 is 13.6. The third-order valence-corrected chi connectivity index (χ3v) is 18.9. The molecule has 0 saturated carbocycles. The minimum Gasteiger partial charge on any atom is -0.456 e. The number of para-hydroxylation sites is 3. The zero-order valence-electron chi connectivity index (χ0n) is 46.1. The van der Waals surface area contributed by atoms with Crippen LogP contribution in [0.25, 0.3) is 99.5 Å². The molecule has 3 aliphatic carbocycles. The van der Waals surface area contributed by atoms with E-state index >= 15 is 0 Å². The third-order valence-electron chi connectivity index (χ3n) is 18.9. The number of benzene rings is 12. The van der Waals surface area contributed by atoms with Gasteiger partial charge < -0.3 is 13.7 Å². The van der Waals surface area contributed by atoms with Crippen LogP contribution in [-0.4, -0.2) is 0 Å². The summed E-state index contributed by atoms with van der Waals surface area (Å²) in [5.74, 6) is 0. The quantitative estimate of drug-likeness (QED) is 0.159. The van der Waals surface area contributed by atoms with Crippen molar-refractivity contribution >= 4 is 60.9 Å². The molecule has 388 valence electrons. The number of hydrogen-bond acceptors (Lipinski definition) is 3. The summed E-state index contributed by atoms with van der Waals surface area (Å²) in [4.78, 5) is 2.53. The van der Waals surface area contributed by atoms with Crippen molar-refractivity contribution in [1.82, 2.24) is 0 Å². The van der Waals surface area contributed by atoms with Gasteiger partial charge in [-0.15, -0.1) is 0 Å². The molecule has 3 aliphatic rings. The second-order valence-electron chi connectivity index (χ2n) is 23.8. The second kappa shape index (κ2) is 17.0. The van der Waals surface area contributed by atoms with Crippen LogP contribution >= 0.6 is 0 Å². The van der Waals surface area contributed by atoms with E-state index in [0.717, 1.165) is 72.4 Å². The van der Waals surface area contributed by atoms with E-state index in [0.29, 0.717) is 0 Å². The van der Waals surface area contributed by atoms with E-state index in [1.165, 1.54) is 88.7 Å². The highest BCUT2D eigenvalue weighted by Gasteiger charge is 2.49. The highest BCUT2D eigenvalue weighted by atomic mass is 16.3. The number of hydrogen-bond donors (Lipinski definition) is 0. The van der Waals surface area contributed by atoms with Crippen LogP contribution in [0.15, 0.2) is 270 Å². The Balaban J connectivity index is 0.918. The average molecular weight is 1050 g/mol. The van der Waals surface area contributed by atoms with E-state index < -0.39 is 5.41 Å². The maximum atomic E-state index is 7.03. The summed E-state index contributed by atoms with van der Waals surface area (Å²) in [6.45, 7) is 9.64. The third kappa shape index (κ3) is 6.31. The van der Waals surface area contributed by atoms with E-state index in [1.54, 1.807) is 0 Å². The number of anilines is 3. The number of furan rings is 2. The topological polar surface area (TPSA) is 29.5 Å². The molecular formula is C79H55NO2. The fourth-order valence-corrected chi connectivity index (χ4v) is 15.2. The predicted octanol–water partition coefficient (Wildman–Crippen LogP) is 21.3. The molecule has 0 aliphatic heterocycles. The fraction of sp³-hybridized carbons (Fsp3) is 0.0886. The Bertz CT molecular complexity index is 4930. The minimum absolute atomic E-state index is 0.210. The number of rotatable bonds is 7. The summed E-state index contributed by atoms with van der Waals surface area (Å²) in [6.07, 6.45) is 0. The SMILES string of the molecule is CC1(C)c2cc(N(c3ccc4c(c3)C(c3ccccc3)(c3ccccc3)c3cc(-c5ccccc5)c5oc6ccccc6c5c3-4)c3ccccc3-c3ccccc3)ccc2-c2cc3c(cc21)-c1c(ccc2oc4ccccc4c12)C3(C)C. The van der Waals surface area contributed by atoms with Crippen LogP contribution in [-0.2, 0) is 16.2 Å². The van der Waals surface area contributed by atoms with Gasteiger partial charge >= 0.3 is 0 Å². The lowest BCUT2D eigenvalue weighted by Crippen LogP contribution is -2.29. The van der Waals surface area contributed by atoms with E-state index in [4.69, 9.17) is 8.83 Å². The van der Waals surface area contributed by atoms with Crippen molar-refractivity contribution in [2.75, 3.05) is 4.90 Å². The van der Waals surface area contributed by atoms with Gasteiger partial charge in [-0.3, -0.25) is 0 Å². The summed E-state index contributed by atoms with van der Waals surface area (Å²) in [5.41, 5.74) is 28.0. The van der Waals surface area contributed by atoms with Crippen molar-refractivity contribution < 1.29 is 8.83 Å². The molecule has 14 aromatic rings. The molecule has 0 radical (unpaired) electrons. The Morgan fingerprint density at radius 2 is 0.793 bits per heavy atom. The van der Waals surface area contributed by atoms with Crippen molar-refractivity contribution in [2.24, 2.45) is 0 Å². The Labute approximate surface area is 477 Å². The molecule has 0 N–H and O–H groups in total. The van der Waals surface area contributed by atoms with Gasteiger partial charge in [0.05, 0.1) is 11.1 Å². The molecule has 0 saturated heterocycles. The standard InChI is InChI=1S/C79H55NO2/c1-77(2)62-41-42-71-74(57-32-18-21-35-69(57)81-71)73(62)61-47-64-60(46-65(61)77)55-39-37-52(43-63(55)78(64,3)4)80(68-34-20-17-31-54(68)48-23-9-5-10-24-48)53-38-40-56-66(44-53)79(50-27-13-7-14-28-50,51-29-15-8-16-30-51)67-45-59(49-25-11-6-12-26-49)76-75(72(56)67)58-33-19-22-36-70(58)82-76/h5-47H,1-4H3. The van der Waals surface area contributed by atoms with Gasteiger partial charge in [0.1, 0.15) is 22.3 Å². The van der Waals surface area contributed by atoms with E-state index in [-0.39, 0.29) is 10.8 Å². The van der Waals surface area contributed by atoms with Gasteiger partial charge in [0.25, 0.3) is 0 Å². The first-order valence-electron chi connectivity index (χ1n) is 28.7. The van der Waals surface area contributed by atoms with Gasteiger partial charge in [-0.2, -0.15) is 0 Å². The summed E-state index contributed by atoms with van der Waals surface area (Å²) >= 11 is 0. The summed E-state index contributed by atoms with van der Waals surface area (Å²) in [6, 6.07) is 96.7. The van der Waals surface area contributed by atoms with Crippen LogP contribution in [0, 0.1) is 0 Å². The molecule has 0 bridgehead atoms. The normalized spacial score (nSPS) is 14.6. The van der Waals surface area contributed by atoms with Gasteiger partial charge in [-0.05, 0) is 156 Å². The van der Waals surface area contributed by atoms with Gasteiger partial charge in [0.2, 0.25) is 0 Å². The maximum absolute atomic E-state index is 7.03. The molecule has 0 fully saturated rings. The first-order valence-corrected chi connectivity index (χ1v) is 28.7. The minimum atomic E-state index is -0.730. The molecule has 2 aromatic heterocycles. The van der Waals surface area contributed by atoms with E-state index in [1.807, 2.05) is 0 Å². The van der Waals surface area contributed by atoms with Gasteiger partial charge in [0.15, 0.2) is 0 Å². The smallest absolute Gasteiger partial charge is 0.143 e. The highest BCUT2D eigenvalue weighted by Crippen LogP contribution is 2.63. The summed E-state index contributed by atoms with van der Waals surface area (Å²) in [7, 11) is 0. The molecule has 0 atom stereocenters. The van der Waals surface area contributed by atoms with Crippen LogP contribution in [0.2, 0.25) is 0 Å². The molecule has 0 amide bonds. The van der Waals surface area contributed by atoms with Crippen molar-refractivity contribution in [1.29, 1.82) is 0 Å². The highest BCUT2D eigenvalue weighted by molar-refractivity contribution is 6.20. The summed E-state index contributed by atoms with van der Waals surface area (Å²) in [5, 5.41) is 4.63. The zero-order valence-corrected chi connectivity index (χ0v) is 46.1. The van der Waals surface area contributed by atoms with Crippen LogP contribution in [0.1, 0.15) is 72.2 Å². The Morgan fingerprint density at radius 1 is 0.305 bits per heavy atom. The van der Waals surface area contributed by atoms with Gasteiger partial charge in [-0.1, -0.05) is 222 Å². The van der Waals surface area contributed by atoms with Crippen LogP contribution < -0.4 is 4.90 Å². The van der Waals surface area contributed by atoms with E-state index in [9.17, 15) is 0 Å². The monoisotopic (exact) mass is 1050 g/mol. The maximum Gasteiger partial charge on any atom is 0.143 e. The Morgan fingerprint density at radius 3 is 1.48 bits per heavy atom. The van der Waals surface area contributed by atoms with Crippen molar-refractivity contribution in [3.05, 3.63) is 305 Å². The molecule has 0 unspecified atom stereocenters. The fourth-order valence-electron chi connectivity index (χ4n) is 15.2. The largest absolute Gasteiger partial charge is 0.456 e. The molecule has 3 heteroatoms. The Kier molecular flexibility index (Phi) is 9.74. The second-order valence-corrected chi connectivity index (χ2v) is 23.8. The molecule has 0 spiro atoms. The van der Waals surface area contributed by atoms with Crippen molar-refractivity contribution in [3.8, 4) is 55.6 Å². The Hall–Kier alpha value is -9.96. The lowest BCUT2D eigenvalue weighted by atomic mass is 9.67. The van der Waals surface area contributed by atoms with Crippen molar-refractivity contribution in [3.63, 3.8) is 0 Å². The van der Waals surface area contributed by atoms with Crippen LogP contribution in [0.3, 0.4) is 0 Å². The molecule has 2 heterocycles. The molecule has 82 heavy (non-hydrogen) atoms. The number of fused-ring (bicyclic) bond motifs is 17. The van der Waals surface area contributed by atoms with Crippen LogP contribution in [0.5, 0.6) is 0 Å². The lowest BCUT2D eigenvalue weighted by molar-refractivity contribution is 0.651. The first kappa shape index (κ1) is 46.9. The zero-order chi connectivity index (χ0) is 54.6.